The van der Waals surface area contributed by atoms with Crippen molar-refractivity contribution >= 4 is 5.91 Å². The maximum atomic E-state index is 11.9. The first-order chi connectivity index (χ1) is 8.51. The molecule has 3 nitrogen and oxygen atoms in total. The number of hydrogen-bond acceptors (Lipinski definition) is 2. The number of benzene rings is 1. The molecular weight excluding hydrogens is 226 g/mol. The number of carbonyl (C=O) groups is 1. The summed E-state index contributed by atoms with van der Waals surface area (Å²) >= 11 is 0. The van der Waals surface area contributed by atoms with Gasteiger partial charge in [-0.1, -0.05) is 29.3 Å². The van der Waals surface area contributed by atoms with Gasteiger partial charge in [0.1, 0.15) is 0 Å². The van der Waals surface area contributed by atoms with Crippen molar-refractivity contribution < 1.29 is 9.90 Å². The molecule has 1 N–H and O–H groups in total. The standard InChI is InChI=1S/C15H21NO2/c1-10-4-11(2)6-14(5-10)12(3)16-8-13(9-17)7-15(16)18/h4-6,12-13,17H,7-9H2,1-3H3. The molecule has 2 unspecified atom stereocenters. The normalized spacial score (nSPS) is 21.4. The number of aryl methyl sites for hydroxylation is 2. The van der Waals surface area contributed by atoms with Crippen LogP contribution in [0.5, 0.6) is 0 Å². The molecule has 2 atom stereocenters. The Morgan fingerprint density at radius 3 is 2.44 bits per heavy atom. The summed E-state index contributed by atoms with van der Waals surface area (Å²) in [6, 6.07) is 6.50. The maximum Gasteiger partial charge on any atom is 0.223 e. The number of rotatable bonds is 3. The van der Waals surface area contributed by atoms with Gasteiger partial charge in [0.25, 0.3) is 0 Å². The minimum atomic E-state index is 0.0904. The van der Waals surface area contributed by atoms with Crippen LogP contribution in [0.15, 0.2) is 18.2 Å². The molecule has 1 aromatic rings. The number of aliphatic hydroxyl groups is 1. The van der Waals surface area contributed by atoms with E-state index in [9.17, 15) is 4.79 Å². The van der Waals surface area contributed by atoms with Crippen LogP contribution in [0.1, 0.15) is 36.1 Å². The second-order valence-corrected chi connectivity index (χ2v) is 5.40. The molecule has 0 radical (unpaired) electrons. The highest BCUT2D eigenvalue weighted by Crippen LogP contribution is 2.29. The first kappa shape index (κ1) is 13.1. The third-order valence-electron chi connectivity index (χ3n) is 3.69. The van der Waals surface area contributed by atoms with E-state index in [2.05, 4.69) is 39.0 Å². The minimum absolute atomic E-state index is 0.0904. The van der Waals surface area contributed by atoms with Crippen molar-refractivity contribution in [2.24, 2.45) is 5.92 Å². The van der Waals surface area contributed by atoms with Crippen LogP contribution < -0.4 is 0 Å². The monoisotopic (exact) mass is 247 g/mol. The molecule has 1 aliphatic rings. The van der Waals surface area contributed by atoms with Crippen LogP contribution in [-0.2, 0) is 4.79 Å². The van der Waals surface area contributed by atoms with Crippen molar-refractivity contribution in [1.29, 1.82) is 0 Å². The zero-order valence-electron chi connectivity index (χ0n) is 11.3. The van der Waals surface area contributed by atoms with Crippen molar-refractivity contribution in [2.75, 3.05) is 13.2 Å². The van der Waals surface area contributed by atoms with E-state index in [4.69, 9.17) is 5.11 Å². The number of likely N-dealkylation sites (tertiary alicyclic amines) is 1. The first-order valence-electron chi connectivity index (χ1n) is 6.49. The second-order valence-electron chi connectivity index (χ2n) is 5.40. The predicted octanol–water partition coefficient (Wildman–Crippen LogP) is 2.21. The van der Waals surface area contributed by atoms with Crippen LogP contribution in [0, 0.1) is 19.8 Å². The third kappa shape index (κ3) is 2.56. The van der Waals surface area contributed by atoms with Crippen LogP contribution in [0.3, 0.4) is 0 Å². The molecule has 1 amide bonds. The van der Waals surface area contributed by atoms with Gasteiger partial charge in [-0.2, -0.15) is 0 Å². The molecule has 1 heterocycles. The highest BCUT2D eigenvalue weighted by Gasteiger charge is 2.32. The largest absolute Gasteiger partial charge is 0.396 e. The van der Waals surface area contributed by atoms with Gasteiger partial charge in [-0.3, -0.25) is 4.79 Å². The molecule has 2 rings (SSSR count). The third-order valence-corrected chi connectivity index (χ3v) is 3.69. The fourth-order valence-corrected chi connectivity index (χ4v) is 2.74. The molecule has 98 valence electrons. The molecule has 1 aliphatic heterocycles. The topological polar surface area (TPSA) is 40.5 Å². The van der Waals surface area contributed by atoms with Gasteiger partial charge < -0.3 is 10.0 Å². The molecule has 0 aromatic heterocycles. The predicted molar refractivity (Wildman–Crippen MR) is 71.2 cm³/mol. The van der Waals surface area contributed by atoms with Gasteiger partial charge >= 0.3 is 0 Å². The van der Waals surface area contributed by atoms with Crippen molar-refractivity contribution in [3.8, 4) is 0 Å². The zero-order chi connectivity index (χ0) is 13.3. The molecular formula is C15H21NO2. The van der Waals surface area contributed by atoms with Gasteiger partial charge in [-0.15, -0.1) is 0 Å². The van der Waals surface area contributed by atoms with E-state index in [1.165, 1.54) is 16.7 Å². The van der Waals surface area contributed by atoms with E-state index in [1.807, 2.05) is 4.90 Å². The number of nitrogens with zero attached hydrogens (tertiary/aromatic N) is 1. The molecule has 1 fully saturated rings. The minimum Gasteiger partial charge on any atom is -0.396 e. The lowest BCUT2D eigenvalue weighted by molar-refractivity contribution is -0.129. The molecule has 0 aliphatic carbocycles. The van der Waals surface area contributed by atoms with E-state index in [-0.39, 0.29) is 24.5 Å². The summed E-state index contributed by atoms with van der Waals surface area (Å²) in [4.78, 5) is 13.8. The van der Waals surface area contributed by atoms with Gasteiger partial charge in [0.05, 0.1) is 6.04 Å². The molecule has 0 spiro atoms. The summed E-state index contributed by atoms with van der Waals surface area (Å²) in [5.74, 6) is 0.256. The average Bonchev–Trinajstić information content (AvgIpc) is 2.68. The molecule has 18 heavy (non-hydrogen) atoms. The van der Waals surface area contributed by atoms with Crippen molar-refractivity contribution in [2.45, 2.75) is 33.2 Å². The van der Waals surface area contributed by atoms with Crippen molar-refractivity contribution in [1.82, 2.24) is 4.90 Å². The molecule has 0 saturated carbocycles. The highest BCUT2D eigenvalue weighted by atomic mass is 16.3. The van der Waals surface area contributed by atoms with Crippen LogP contribution in [0.2, 0.25) is 0 Å². The van der Waals surface area contributed by atoms with Crippen LogP contribution in [0.4, 0.5) is 0 Å². The number of aliphatic hydroxyl groups excluding tert-OH is 1. The van der Waals surface area contributed by atoms with E-state index in [0.29, 0.717) is 13.0 Å². The Morgan fingerprint density at radius 1 is 1.33 bits per heavy atom. The van der Waals surface area contributed by atoms with Crippen LogP contribution >= 0.6 is 0 Å². The summed E-state index contributed by atoms with van der Waals surface area (Å²) < 4.78 is 0. The van der Waals surface area contributed by atoms with E-state index >= 15 is 0 Å². The Hall–Kier alpha value is -1.35. The van der Waals surface area contributed by atoms with Gasteiger partial charge in [-0.25, -0.2) is 0 Å². The van der Waals surface area contributed by atoms with Crippen LogP contribution in [-0.4, -0.2) is 29.1 Å². The fourth-order valence-electron chi connectivity index (χ4n) is 2.74. The van der Waals surface area contributed by atoms with E-state index < -0.39 is 0 Å². The van der Waals surface area contributed by atoms with Gasteiger partial charge in [0, 0.05) is 25.5 Å². The molecule has 0 bridgehead atoms. The maximum absolute atomic E-state index is 11.9. The van der Waals surface area contributed by atoms with Crippen LogP contribution in [0.25, 0.3) is 0 Å². The van der Waals surface area contributed by atoms with Gasteiger partial charge in [0.2, 0.25) is 5.91 Å². The summed E-state index contributed by atoms with van der Waals surface area (Å²) in [7, 11) is 0. The van der Waals surface area contributed by atoms with Crippen molar-refractivity contribution in [3.63, 3.8) is 0 Å². The highest BCUT2D eigenvalue weighted by molar-refractivity contribution is 5.79. The molecule has 3 heteroatoms. The lowest BCUT2D eigenvalue weighted by Gasteiger charge is -2.25. The Bertz CT molecular complexity index is 436. The van der Waals surface area contributed by atoms with Gasteiger partial charge in [-0.05, 0) is 26.3 Å². The quantitative estimate of drug-likeness (QED) is 0.889. The fraction of sp³-hybridized carbons (Fsp3) is 0.533. The second kappa shape index (κ2) is 5.11. The summed E-state index contributed by atoms with van der Waals surface area (Å²) in [5.41, 5.74) is 3.63. The van der Waals surface area contributed by atoms with Crippen molar-refractivity contribution in [3.05, 3.63) is 34.9 Å². The van der Waals surface area contributed by atoms with E-state index in [0.717, 1.165) is 0 Å². The summed E-state index contributed by atoms with van der Waals surface area (Å²) in [6.07, 6.45) is 0.478. The lowest BCUT2D eigenvalue weighted by Crippen LogP contribution is -2.28. The lowest BCUT2D eigenvalue weighted by atomic mass is 10.0. The number of hydrogen-bond donors (Lipinski definition) is 1. The van der Waals surface area contributed by atoms with Gasteiger partial charge in [0.15, 0.2) is 0 Å². The summed E-state index contributed by atoms with van der Waals surface area (Å²) in [6.45, 7) is 6.98. The number of amides is 1. The number of carbonyl (C=O) groups excluding carboxylic acids is 1. The Morgan fingerprint density at radius 2 is 1.94 bits per heavy atom. The first-order valence-corrected chi connectivity index (χ1v) is 6.49. The Kier molecular flexibility index (Phi) is 3.71. The Balaban J connectivity index is 2.20. The average molecular weight is 247 g/mol. The molecule has 1 saturated heterocycles. The smallest absolute Gasteiger partial charge is 0.223 e. The SMILES string of the molecule is Cc1cc(C)cc(C(C)N2CC(CO)CC2=O)c1. The Labute approximate surface area is 108 Å². The molecule has 1 aromatic carbocycles. The summed E-state index contributed by atoms with van der Waals surface area (Å²) in [5, 5.41) is 9.16. The zero-order valence-corrected chi connectivity index (χ0v) is 11.3. The van der Waals surface area contributed by atoms with E-state index in [1.54, 1.807) is 0 Å².